The van der Waals surface area contributed by atoms with Crippen molar-refractivity contribution in [2.45, 2.75) is 6.92 Å². The van der Waals surface area contributed by atoms with Crippen molar-refractivity contribution in [1.29, 1.82) is 0 Å². The van der Waals surface area contributed by atoms with E-state index in [4.69, 9.17) is 0 Å². The Bertz CT molecular complexity index is 532. The van der Waals surface area contributed by atoms with Crippen LogP contribution < -0.4 is 5.32 Å². The minimum Gasteiger partial charge on any atom is -0.506 e. The number of carbonyl (C=O) groups is 1. The lowest BCUT2D eigenvalue weighted by atomic mass is 10.1. The van der Waals surface area contributed by atoms with Crippen molar-refractivity contribution in [3.63, 3.8) is 0 Å². The molecule has 0 atom stereocenters. The predicted molar refractivity (Wildman–Crippen MR) is 67.8 cm³/mol. The summed E-state index contributed by atoms with van der Waals surface area (Å²) >= 11 is 0. The molecule has 0 saturated heterocycles. The SMILES string of the molecule is CC(=O)c1ccc(Nc2ccccc2O)cc1. The van der Waals surface area contributed by atoms with Gasteiger partial charge >= 0.3 is 0 Å². The smallest absolute Gasteiger partial charge is 0.159 e. The topological polar surface area (TPSA) is 49.3 Å². The van der Waals surface area contributed by atoms with Crippen LogP contribution in [-0.4, -0.2) is 10.9 Å². The number of phenols is 1. The standard InChI is InChI=1S/C14H13NO2/c1-10(16)11-6-8-12(9-7-11)15-13-4-2-3-5-14(13)17/h2-9,15,17H,1H3. The quantitative estimate of drug-likeness (QED) is 0.624. The Kier molecular flexibility index (Phi) is 3.10. The maximum atomic E-state index is 11.1. The minimum atomic E-state index is 0.0408. The summed E-state index contributed by atoms with van der Waals surface area (Å²) in [7, 11) is 0. The molecule has 2 rings (SSSR count). The van der Waals surface area contributed by atoms with E-state index in [1.165, 1.54) is 6.92 Å². The Balaban J connectivity index is 2.20. The maximum absolute atomic E-state index is 11.1. The molecule has 3 nitrogen and oxygen atoms in total. The molecule has 3 heteroatoms. The molecule has 86 valence electrons. The average molecular weight is 227 g/mol. The first-order chi connectivity index (χ1) is 8.16. The van der Waals surface area contributed by atoms with E-state index in [1.54, 1.807) is 30.3 Å². The first-order valence-corrected chi connectivity index (χ1v) is 5.33. The molecule has 0 fully saturated rings. The maximum Gasteiger partial charge on any atom is 0.159 e. The van der Waals surface area contributed by atoms with E-state index in [9.17, 15) is 9.90 Å². The normalized spacial score (nSPS) is 9.94. The monoisotopic (exact) mass is 227 g/mol. The number of benzene rings is 2. The van der Waals surface area contributed by atoms with Gasteiger partial charge in [0.1, 0.15) is 5.75 Å². The Labute approximate surface area is 99.7 Å². The summed E-state index contributed by atoms with van der Waals surface area (Å²) in [5.74, 6) is 0.238. The van der Waals surface area contributed by atoms with E-state index < -0.39 is 0 Å². The van der Waals surface area contributed by atoms with Crippen LogP contribution in [0.4, 0.5) is 11.4 Å². The van der Waals surface area contributed by atoms with E-state index in [1.807, 2.05) is 18.2 Å². The number of para-hydroxylation sites is 2. The van der Waals surface area contributed by atoms with Crippen molar-refractivity contribution in [3.8, 4) is 5.75 Å². The van der Waals surface area contributed by atoms with Crippen molar-refractivity contribution >= 4 is 17.2 Å². The molecule has 17 heavy (non-hydrogen) atoms. The number of hydrogen-bond donors (Lipinski definition) is 2. The van der Waals surface area contributed by atoms with Crippen molar-refractivity contribution in [2.75, 3.05) is 5.32 Å². The van der Waals surface area contributed by atoms with Gasteiger partial charge in [0.25, 0.3) is 0 Å². The second-order valence-electron chi connectivity index (χ2n) is 3.78. The molecule has 0 spiro atoms. The molecule has 0 radical (unpaired) electrons. The van der Waals surface area contributed by atoms with Gasteiger partial charge in [0.2, 0.25) is 0 Å². The molecule has 0 aliphatic carbocycles. The molecule has 0 heterocycles. The molecule has 0 bridgehead atoms. The lowest BCUT2D eigenvalue weighted by molar-refractivity contribution is 0.101. The lowest BCUT2D eigenvalue weighted by Crippen LogP contribution is -1.94. The van der Waals surface area contributed by atoms with Gasteiger partial charge in [-0.2, -0.15) is 0 Å². The van der Waals surface area contributed by atoms with Crippen LogP contribution in [0.5, 0.6) is 5.75 Å². The van der Waals surface area contributed by atoms with Gasteiger partial charge in [-0.3, -0.25) is 4.79 Å². The average Bonchev–Trinajstić information content (AvgIpc) is 2.33. The summed E-state index contributed by atoms with van der Waals surface area (Å²) in [5, 5.41) is 12.7. The van der Waals surface area contributed by atoms with Crippen molar-refractivity contribution in [2.24, 2.45) is 0 Å². The molecule has 0 unspecified atom stereocenters. The zero-order valence-corrected chi connectivity index (χ0v) is 9.47. The van der Waals surface area contributed by atoms with Gasteiger partial charge < -0.3 is 10.4 Å². The van der Waals surface area contributed by atoms with Crippen LogP contribution in [0, 0.1) is 0 Å². The molecule has 2 aromatic carbocycles. The minimum absolute atomic E-state index is 0.0408. The number of nitrogens with one attached hydrogen (secondary N) is 1. The van der Waals surface area contributed by atoms with Crippen LogP contribution in [0.25, 0.3) is 0 Å². The number of rotatable bonds is 3. The molecule has 2 N–H and O–H groups in total. The summed E-state index contributed by atoms with van der Waals surface area (Å²) in [6, 6.07) is 14.1. The van der Waals surface area contributed by atoms with Gasteiger partial charge in [-0.05, 0) is 43.3 Å². The summed E-state index contributed by atoms with van der Waals surface area (Å²) in [6.45, 7) is 1.53. The van der Waals surface area contributed by atoms with Gasteiger partial charge in [-0.25, -0.2) is 0 Å². The fourth-order valence-corrected chi connectivity index (χ4v) is 1.52. The third-order valence-corrected chi connectivity index (χ3v) is 2.47. The second kappa shape index (κ2) is 4.70. The third-order valence-electron chi connectivity index (χ3n) is 2.47. The summed E-state index contributed by atoms with van der Waals surface area (Å²) in [5.41, 5.74) is 2.15. The highest BCUT2D eigenvalue weighted by Crippen LogP contribution is 2.25. The van der Waals surface area contributed by atoms with E-state index in [-0.39, 0.29) is 11.5 Å². The number of aromatic hydroxyl groups is 1. The highest BCUT2D eigenvalue weighted by atomic mass is 16.3. The first kappa shape index (κ1) is 11.2. The van der Waals surface area contributed by atoms with E-state index in [0.29, 0.717) is 11.3 Å². The number of Topliss-reactive ketones (excluding diaryl/α,β-unsaturated/α-hetero) is 1. The predicted octanol–water partition coefficient (Wildman–Crippen LogP) is 3.34. The van der Waals surface area contributed by atoms with Crippen LogP contribution in [0.3, 0.4) is 0 Å². The van der Waals surface area contributed by atoms with Crippen LogP contribution >= 0.6 is 0 Å². The van der Waals surface area contributed by atoms with Gasteiger partial charge in [0.05, 0.1) is 5.69 Å². The zero-order chi connectivity index (χ0) is 12.3. The molecular weight excluding hydrogens is 214 g/mol. The number of phenolic OH excluding ortho intramolecular Hbond substituents is 1. The van der Waals surface area contributed by atoms with Gasteiger partial charge in [-0.15, -0.1) is 0 Å². The lowest BCUT2D eigenvalue weighted by Gasteiger charge is -2.08. The molecular formula is C14H13NO2. The molecule has 0 aliphatic heterocycles. The number of carbonyl (C=O) groups excluding carboxylic acids is 1. The molecule has 0 saturated carbocycles. The zero-order valence-electron chi connectivity index (χ0n) is 9.47. The molecule has 0 aliphatic rings. The highest BCUT2D eigenvalue weighted by molar-refractivity contribution is 5.94. The summed E-state index contributed by atoms with van der Waals surface area (Å²) in [6.07, 6.45) is 0. The molecule has 2 aromatic rings. The fourth-order valence-electron chi connectivity index (χ4n) is 1.52. The summed E-state index contributed by atoms with van der Waals surface area (Å²) in [4.78, 5) is 11.1. The Hall–Kier alpha value is -2.29. The highest BCUT2D eigenvalue weighted by Gasteiger charge is 2.01. The third kappa shape index (κ3) is 2.64. The summed E-state index contributed by atoms with van der Waals surface area (Å²) < 4.78 is 0. The van der Waals surface area contributed by atoms with Crippen LogP contribution in [0.2, 0.25) is 0 Å². The van der Waals surface area contributed by atoms with E-state index in [0.717, 1.165) is 5.69 Å². The number of anilines is 2. The largest absolute Gasteiger partial charge is 0.506 e. The molecule has 0 aromatic heterocycles. The van der Waals surface area contributed by atoms with E-state index in [2.05, 4.69) is 5.32 Å². The second-order valence-corrected chi connectivity index (χ2v) is 3.78. The number of ketones is 1. The molecule has 0 amide bonds. The van der Waals surface area contributed by atoms with E-state index >= 15 is 0 Å². The Morgan fingerprint density at radius 3 is 2.29 bits per heavy atom. The fraction of sp³-hybridized carbons (Fsp3) is 0.0714. The van der Waals surface area contributed by atoms with Crippen molar-refractivity contribution < 1.29 is 9.90 Å². The van der Waals surface area contributed by atoms with Gasteiger partial charge in [-0.1, -0.05) is 12.1 Å². The number of hydrogen-bond acceptors (Lipinski definition) is 3. The van der Waals surface area contributed by atoms with Gasteiger partial charge in [0.15, 0.2) is 5.78 Å². The van der Waals surface area contributed by atoms with Crippen LogP contribution in [0.1, 0.15) is 17.3 Å². The van der Waals surface area contributed by atoms with Crippen molar-refractivity contribution in [1.82, 2.24) is 0 Å². The van der Waals surface area contributed by atoms with Gasteiger partial charge in [0, 0.05) is 11.3 Å². The van der Waals surface area contributed by atoms with Crippen LogP contribution in [-0.2, 0) is 0 Å². The van der Waals surface area contributed by atoms with Crippen LogP contribution in [0.15, 0.2) is 48.5 Å². The Morgan fingerprint density at radius 2 is 1.71 bits per heavy atom. The first-order valence-electron chi connectivity index (χ1n) is 5.33. The Morgan fingerprint density at radius 1 is 1.06 bits per heavy atom. The van der Waals surface area contributed by atoms with Crippen molar-refractivity contribution in [3.05, 3.63) is 54.1 Å².